The number of hydrogen-bond donors (Lipinski definition) is 3. The monoisotopic (exact) mass is 290 g/mol. The van der Waals surface area contributed by atoms with Crippen LogP contribution in [0.1, 0.15) is 38.3 Å². The van der Waals surface area contributed by atoms with Crippen molar-refractivity contribution in [2.75, 3.05) is 6.54 Å². The van der Waals surface area contributed by atoms with Crippen LogP contribution in [-0.4, -0.2) is 29.2 Å². The highest BCUT2D eigenvalue weighted by Crippen LogP contribution is 2.17. The molecule has 1 unspecified atom stereocenters. The lowest BCUT2D eigenvalue weighted by atomic mass is 9.93. The van der Waals surface area contributed by atoms with Gasteiger partial charge in [0.05, 0.1) is 11.6 Å². The third-order valence-electron chi connectivity index (χ3n) is 3.89. The molecule has 2 atom stereocenters. The van der Waals surface area contributed by atoms with Crippen molar-refractivity contribution in [2.45, 2.75) is 51.8 Å². The summed E-state index contributed by atoms with van der Waals surface area (Å²) < 4.78 is 0. The van der Waals surface area contributed by atoms with Gasteiger partial charge < -0.3 is 15.7 Å². The molecule has 21 heavy (non-hydrogen) atoms. The fraction of sp³-hybridized carbons (Fsp3) is 0.588. The second-order valence-corrected chi connectivity index (χ2v) is 6.72. The highest BCUT2D eigenvalue weighted by Gasteiger charge is 2.27. The molecule has 0 aliphatic carbocycles. The molecule has 1 heterocycles. The van der Waals surface area contributed by atoms with E-state index in [1.807, 2.05) is 12.1 Å². The van der Waals surface area contributed by atoms with Crippen molar-refractivity contribution < 1.29 is 9.90 Å². The molecule has 4 heteroatoms. The van der Waals surface area contributed by atoms with Crippen molar-refractivity contribution in [3.8, 4) is 0 Å². The van der Waals surface area contributed by atoms with Crippen LogP contribution in [0, 0.1) is 5.92 Å². The lowest BCUT2D eigenvalue weighted by Crippen LogP contribution is -2.51. The fourth-order valence-electron chi connectivity index (χ4n) is 2.99. The Morgan fingerprint density at radius 2 is 2.10 bits per heavy atom. The van der Waals surface area contributed by atoms with E-state index in [2.05, 4.69) is 36.6 Å². The Morgan fingerprint density at radius 3 is 2.76 bits per heavy atom. The number of aliphatic hydroxyl groups is 1. The smallest absolute Gasteiger partial charge is 0.237 e. The van der Waals surface area contributed by atoms with Gasteiger partial charge in [0.15, 0.2) is 0 Å². The Balaban J connectivity index is 1.88. The quantitative estimate of drug-likeness (QED) is 0.772. The van der Waals surface area contributed by atoms with Gasteiger partial charge in [-0.05, 0) is 36.8 Å². The molecule has 4 nitrogen and oxygen atoms in total. The van der Waals surface area contributed by atoms with Gasteiger partial charge in [-0.2, -0.15) is 0 Å². The standard InChI is InChI=1S/C17H26N2O2/c1-12(2)9-17(3,21)11-19-16(20)15-8-13-6-4-5-7-14(13)10-18-15/h4-7,12,15,18,21H,8-11H2,1-3H3,(H,19,20)/t15-,17?/m1/s1. The summed E-state index contributed by atoms with van der Waals surface area (Å²) in [7, 11) is 0. The van der Waals surface area contributed by atoms with Crippen molar-refractivity contribution in [3.05, 3.63) is 35.4 Å². The number of amides is 1. The molecule has 0 aromatic heterocycles. The zero-order valence-electron chi connectivity index (χ0n) is 13.1. The lowest BCUT2D eigenvalue weighted by molar-refractivity contribution is -0.124. The lowest BCUT2D eigenvalue weighted by Gasteiger charge is -2.29. The maximum Gasteiger partial charge on any atom is 0.237 e. The molecule has 116 valence electrons. The van der Waals surface area contributed by atoms with E-state index in [9.17, 15) is 9.90 Å². The molecule has 0 bridgehead atoms. The molecule has 1 aromatic rings. The fourth-order valence-corrected chi connectivity index (χ4v) is 2.99. The minimum atomic E-state index is -0.851. The second-order valence-electron chi connectivity index (χ2n) is 6.72. The number of nitrogens with one attached hydrogen (secondary N) is 2. The van der Waals surface area contributed by atoms with Gasteiger partial charge in [0.2, 0.25) is 5.91 Å². The van der Waals surface area contributed by atoms with Crippen molar-refractivity contribution >= 4 is 5.91 Å². The van der Waals surface area contributed by atoms with E-state index in [0.29, 0.717) is 25.3 Å². The number of carbonyl (C=O) groups excluding carboxylic acids is 1. The van der Waals surface area contributed by atoms with Crippen LogP contribution in [0.2, 0.25) is 0 Å². The highest BCUT2D eigenvalue weighted by molar-refractivity contribution is 5.82. The first-order chi connectivity index (χ1) is 9.87. The average molecular weight is 290 g/mol. The van der Waals surface area contributed by atoms with E-state index in [0.717, 1.165) is 6.54 Å². The van der Waals surface area contributed by atoms with Crippen LogP contribution >= 0.6 is 0 Å². The molecule has 0 fully saturated rings. The summed E-state index contributed by atoms with van der Waals surface area (Å²) in [5.74, 6) is 0.366. The molecular formula is C17H26N2O2. The number of carbonyl (C=O) groups is 1. The third-order valence-corrected chi connectivity index (χ3v) is 3.89. The first kappa shape index (κ1) is 16.0. The van der Waals surface area contributed by atoms with E-state index in [1.54, 1.807) is 6.92 Å². The molecule has 0 radical (unpaired) electrons. The van der Waals surface area contributed by atoms with E-state index in [1.165, 1.54) is 11.1 Å². The van der Waals surface area contributed by atoms with Crippen molar-refractivity contribution in [2.24, 2.45) is 5.92 Å². The molecule has 1 amide bonds. The molecule has 0 saturated heterocycles. The summed E-state index contributed by atoms with van der Waals surface area (Å²) >= 11 is 0. The van der Waals surface area contributed by atoms with Gasteiger partial charge in [-0.1, -0.05) is 38.1 Å². The zero-order chi connectivity index (χ0) is 15.5. The molecular weight excluding hydrogens is 264 g/mol. The van der Waals surface area contributed by atoms with Crippen molar-refractivity contribution in [3.63, 3.8) is 0 Å². The SMILES string of the molecule is CC(C)CC(C)(O)CNC(=O)[C@H]1Cc2ccccc2CN1. The molecule has 1 aromatic carbocycles. The number of rotatable bonds is 5. The van der Waals surface area contributed by atoms with Crippen LogP contribution in [-0.2, 0) is 17.8 Å². The first-order valence-corrected chi connectivity index (χ1v) is 7.67. The highest BCUT2D eigenvalue weighted by atomic mass is 16.3. The van der Waals surface area contributed by atoms with Gasteiger partial charge in [0.1, 0.15) is 0 Å². The maximum absolute atomic E-state index is 12.3. The predicted octanol–water partition coefficient (Wildman–Crippen LogP) is 1.61. The summed E-state index contributed by atoms with van der Waals surface area (Å²) in [6, 6.07) is 7.97. The third kappa shape index (κ3) is 4.55. The number of benzene rings is 1. The van der Waals surface area contributed by atoms with Crippen LogP contribution in [0.5, 0.6) is 0 Å². The van der Waals surface area contributed by atoms with Crippen molar-refractivity contribution in [1.29, 1.82) is 0 Å². The normalized spacial score (nSPS) is 20.7. The van der Waals surface area contributed by atoms with Gasteiger partial charge in [0, 0.05) is 13.1 Å². The number of fused-ring (bicyclic) bond motifs is 1. The van der Waals surface area contributed by atoms with Gasteiger partial charge in [-0.15, -0.1) is 0 Å². The summed E-state index contributed by atoms with van der Waals surface area (Å²) in [6.45, 7) is 6.92. The summed E-state index contributed by atoms with van der Waals surface area (Å²) in [6.07, 6.45) is 1.38. The van der Waals surface area contributed by atoms with E-state index in [-0.39, 0.29) is 11.9 Å². The Bertz CT molecular complexity index is 497. The number of hydrogen-bond acceptors (Lipinski definition) is 3. The molecule has 0 spiro atoms. The van der Waals surface area contributed by atoms with Crippen LogP contribution < -0.4 is 10.6 Å². The van der Waals surface area contributed by atoms with Crippen LogP contribution in [0.25, 0.3) is 0 Å². The van der Waals surface area contributed by atoms with Crippen LogP contribution in [0.3, 0.4) is 0 Å². The average Bonchev–Trinajstić information content (AvgIpc) is 2.43. The first-order valence-electron chi connectivity index (χ1n) is 7.67. The van der Waals surface area contributed by atoms with E-state index in [4.69, 9.17) is 0 Å². The summed E-state index contributed by atoms with van der Waals surface area (Å²) in [5, 5.41) is 16.4. The second kappa shape index (κ2) is 6.58. The van der Waals surface area contributed by atoms with Gasteiger partial charge in [-0.3, -0.25) is 4.79 Å². The van der Waals surface area contributed by atoms with Crippen LogP contribution in [0.4, 0.5) is 0 Å². The van der Waals surface area contributed by atoms with Gasteiger partial charge in [0.25, 0.3) is 0 Å². The minimum Gasteiger partial charge on any atom is -0.388 e. The Hall–Kier alpha value is -1.39. The molecule has 0 saturated carbocycles. The Kier molecular flexibility index (Phi) is 5.01. The molecule has 3 N–H and O–H groups in total. The Morgan fingerprint density at radius 1 is 1.43 bits per heavy atom. The van der Waals surface area contributed by atoms with Crippen molar-refractivity contribution in [1.82, 2.24) is 10.6 Å². The van der Waals surface area contributed by atoms with Crippen LogP contribution in [0.15, 0.2) is 24.3 Å². The molecule has 2 rings (SSSR count). The van der Waals surface area contributed by atoms with Gasteiger partial charge in [-0.25, -0.2) is 0 Å². The minimum absolute atomic E-state index is 0.0338. The zero-order valence-corrected chi connectivity index (χ0v) is 13.1. The summed E-state index contributed by atoms with van der Waals surface area (Å²) in [4.78, 5) is 12.3. The summed E-state index contributed by atoms with van der Waals surface area (Å²) in [5.41, 5.74) is 1.63. The topological polar surface area (TPSA) is 61.4 Å². The molecule has 1 aliphatic rings. The molecule has 1 aliphatic heterocycles. The maximum atomic E-state index is 12.3. The Labute approximate surface area is 126 Å². The largest absolute Gasteiger partial charge is 0.388 e. The van der Waals surface area contributed by atoms with E-state index < -0.39 is 5.60 Å². The van der Waals surface area contributed by atoms with E-state index >= 15 is 0 Å². The predicted molar refractivity (Wildman–Crippen MR) is 83.9 cm³/mol. The van der Waals surface area contributed by atoms with Gasteiger partial charge >= 0.3 is 0 Å².